The Balaban J connectivity index is 2.36. The first-order valence-electron chi connectivity index (χ1n) is 5.43. The van der Waals surface area contributed by atoms with E-state index in [4.69, 9.17) is 5.11 Å². The van der Waals surface area contributed by atoms with E-state index < -0.39 is 17.7 Å². The zero-order valence-electron chi connectivity index (χ0n) is 10.2. The summed E-state index contributed by atoms with van der Waals surface area (Å²) in [5, 5.41) is 11.5. The first-order chi connectivity index (χ1) is 9.29. The number of carboxylic acid groups (broad SMARTS) is 1. The molecule has 2 rings (SSSR count). The average Bonchev–Trinajstić information content (AvgIpc) is 2.69. The van der Waals surface area contributed by atoms with Gasteiger partial charge in [0, 0.05) is 4.88 Å². The lowest BCUT2D eigenvalue weighted by atomic mass is 10.2. The van der Waals surface area contributed by atoms with Gasteiger partial charge in [0.25, 0.3) is 0 Å². The summed E-state index contributed by atoms with van der Waals surface area (Å²) in [7, 11) is 0. The lowest BCUT2D eigenvalue weighted by molar-refractivity contribution is -0.136. The van der Waals surface area contributed by atoms with E-state index in [2.05, 4.69) is 10.3 Å². The average molecular weight is 302 g/mol. The topological polar surface area (TPSA) is 62.2 Å². The van der Waals surface area contributed by atoms with Gasteiger partial charge in [-0.25, -0.2) is 9.78 Å². The molecule has 4 nitrogen and oxygen atoms in total. The van der Waals surface area contributed by atoms with Crippen molar-refractivity contribution in [2.24, 2.45) is 0 Å². The zero-order valence-corrected chi connectivity index (χ0v) is 11.0. The Bertz CT molecular complexity index is 652. The number of aryl methyl sites for hydroxylation is 1. The molecule has 0 unspecified atom stereocenters. The fraction of sp³-hybridized carbons (Fsp3) is 0.167. The Morgan fingerprint density at radius 2 is 2.00 bits per heavy atom. The standard InChI is InChI=1S/C12H9F3N2O2S/c1-6-9(10(18)19)17-11(20-6)16-8-5-3-2-4-7(8)12(13,14)15/h2-5H,1H3,(H,16,17)(H,18,19). The van der Waals surface area contributed by atoms with Gasteiger partial charge in [0.15, 0.2) is 10.8 Å². The van der Waals surface area contributed by atoms with Gasteiger partial charge >= 0.3 is 12.1 Å². The molecule has 1 aromatic heterocycles. The summed E-state index contributed by atoms with van der Waals surface area (Å²) >= 11 is 0.986. The third-order valence-corrected chi connectivity index (χ3v) is 3.36. The first-order valence-corrected chi connectivity index (χ1v) is 6.24. The molecular weight excluding hydrogens is 293 g/mol. The molecule has 0 saturated carbocycles. The summed E-state index contributed by atoms with van der Waals surface area (Å²) in [5.74, 6) is -1.21. The quantitative estimate of drug-likeness (QED) is 0.902. The molecule has 0 aliphatic rings. The van der Waals surface area contributed by atoms with Crippen LogP contribution in [-0.2, 0) is 6.18 Å². The van der Waals surface area contributed by atoms with Gasteiger partial charge in [0.1, 0.15) is 0 Å². The third kappa shape index (κ3) is 2.90. The van der Waals surface area contributed by atoms with E-state index in [0.29, 0.717) is 4.88 Å². The fourth-order valence-electron chi connectivity index (χ4n) is 1.60. The minimum Gasteiger partial charge on any atom is -0.476 e. The van der Waals surface area contributed by atoms with Crippen molar-refractivity contribution < 1.29 is 23.1 Å². The van der Waals surface area contributed by atoms with Gasteiger partial charge in [-0.1, -0.05) is 12.1 Å². The van der Waals surface area contributed by atoms with Crippen molar-refractivity contribution in [2.45, 2.75) is 13.1 Å². The summed E-state index contributed by atoms with van der Waals surface area (Å²) in [6.45, 7) is 1.54. The maximum Gasteiger partial charge on any atom is 0.418 e. The number of aromatic nitrogens is 1. The van der Waals surface area contributed by atoms with Crippen LogP contribution in [0.25, 0.3) is 0 Å². The number of para-hydroxylation sites is 1. The summed E-state index contributed by atoms with van der Waals surface area (Å²) < 4.78 is 38.4. The number of carboxylic acids is 1. The number of hydrogen-bond donors (Lipinski definition) is 2. The molecular formula is C12H9F3N2O2S. The van der Waals surface area contributed by atoms with E-state index in [-0.39, 0.29) is 16.5 Å². The van der Waals surface area contributed by atoms with Crippen molar-refractivity contribution in [1.29, 1.82) is 0 Å². The van der Waals surface area contributed by atoms with Crippen LogP contribution in [0, 0.1) is 6.92 Å². The van der Waals surface area contributed by atoms with Crippen LogP contribution in [0.5, 0.6) is 0 Å². The second-order valence-corrected chi connectivity index (χ2v) is 5.10. The molecule has 1 heterocycles. The molecule has 0 saturated heterocycles. The summed E-state index contributed by atoms with van der Waals surface area (Å²) in [6, 6.07) is 4.95. The summed E-state index contributed by atoms with van der Waals surface area (Å²) in [5.41, 5.74) is -1.16. The van der Waals surface area contributed by atoms with E-state index in [0.717, 1.165) is 17.4 Å². The molecule has 0 aliphatic carbocycles. The lowest BCUT2D eigenvalue weighted by Gasteiger charge is -2.12. The number of aromatic carboxylic acids is 1. The van der Waals surface area contributed by atoms with Crippen molar-refractivity contribution in [3.8, 4) is 0 Å². The Morgan fingerprint density at radius 1 is 1.35 bits per heavy atom. The monoisotopic (exact) mass is 302 g/mol. The number of nitrogens with zero attached hydrogens (tertiary/aromatic N) is 1. The van der Waals surface area contributed by atoms with Gasteiger partial charge in [-0.05, 0) is 19.1 Å². The van der Waals surface area contributed by atoms with Gasteiger partial charge in [-0.2, -0.15) is 13.2 Å². The predicted molar refractivity (Wildman–Crippen MR) is 68.5 cm³/mol. The Kier molecular flexibility index (Phi) is 3.67. The van der Waals surface area contributed by atoms with Crippen LogP contribution in [0.3, 0.4) is 0 Å². The SMILES string of the molecule is Cc1sc(Nc2ccccc2C(F)(F)F)nc1C(=O)O. The number of carbonyl (C=O) groups is 1. The van der Waals surface area contributed by atoms with E-state index in [1.807, 2.05) is 0 Å². The van der Waals surface area contributed by atoms with Crippen molar-refractivity contribution >= 4 is 28.1 Å². The van der Waals surface area contributed by atoms with Gasteiger partial charge in [0.05, 0.1) is 11.3 Å². The number of thiazole rings is 1. The molecule has 0 amide bonds. The number of nitrogens with one attached hydrogen (secondary N) is 1. The summed E-state index contributed by atoms with van der Waals surface area (Å²) in [6.07, 6.45) is -4.49. The van der Waals surface area contributed by atoms with Crippen molar-refractivity contribution in [1.82, 2.24) is 4.98 Å². The van der Waals surface area contributed by atoms with Crippen molar-refractivity contribution in [2.75, 3.05) is 5.32 Å². The zero-order chi connectivity index (χ0) is 14.9. The number of rotatable bonds is 3. The maximum atomic E-state index is 12.8. The highest BCUT2D eigenvalue weighted by Crippen LogP contribution is 2.36. The molecule has 0 fully saturated rings. The molecule has 20 heavy (non-hydrogen) atoms. The molecule has 1 aromatic carbocycles. The highest BCUT2D eigenvalue weighted by molar-refractivity contribution is 7.15. The smallest absolute Gasteiger partial charge is 0.418 e. The lowest BCUT2D eigenvalue weighted by Crippen LogP contribution is -2.08. The van der Waals surface area contributed by atoms with E-state index >= 15 is 0 Å². The van der Waals surface area contributed by atoms with Crippen LogP contribution >= 0.6 is 11.3 Å². The predicted octanol–water partition coefficient (Wildman–Crippen LogP) is 3.91. The minimum absolute atomic E-state index is 0.108. The second kappa shape index (κ2) is 5.12. The van der Waals surface area contributed by atoms with Crippen LogP contribution < -0.4 is 5.32 Å². The number of hydrogen-bond acceptors (Lipinski definition) is 4. The highest BCUT2D eigenvalue weighted by atomic mass is 32.1. The second-order valence-electron chi connectivity index (χ2n) is 3.90. The third-order valence-electron chi connectivity index (χ3n) is 2.47. The maximum absolute atomic E-state index is 12.8. The Labute approximate surface area is 115 Å². The molecule has 8 heteroatoms. The van der Waals surface area contributed by atoms with Crippen LogP contribution in [0.1, 0.15) is 20.9 Å². The van der Waals surface area contributed by atoms with Gasteiger partial charge in [-0.3, -0.25) is 0 Å². The molecule has 106 valence electrons. The van der Waals surface area contributed by atoms with E-state index in [1.54, 1.807) is 6.92 Å². The van der Waals surface area contributed by atoms with Gasteiger partial charge < -0.3 is 10.4 Å². The normalized spacial score (nSPS) is 11.4. The van der Waals surface area contributed by atoms with E-state index in [9.17, 15) is 18.0 Å². The molecule has 0 atom stereocenters. The first kappa shape index (κ1) is 14.3. The number of alkyl halides is 3. The molecule has 2 N–H and O–H groups in total. The molecule has 0 radical (unpaired) electrons. The highest BCUT2D eigenvalue weighted by Gasteiger charge is 2.33. The minimum atomic E-state index is -4.49. The summed E-state index contributed by atoms with van der Waals surface area (Å²) in [4.78, 5) is 15.0. The van der Waals surface area contributed by atoms with Crippen molar-refractivity contribution in [3.63, 3.8) is 0 Å². The molecule has 2 aromatic rings. The Hall–Kier alpha value is -2.09. The van der Waals surface area contributed by atoms with Gasteiger partial charge in [0.2, 0.25) is 0 Å². The Morgan fingerprint density at radius 3 is 2.55 bits per heavy atom. The number of benzene rings is 1. The fourth-order valence-corrected chi connectivity index (χ4v) is 2.42. The van der Waals surface area contributed by atoms with Crippen LogP contribution in [0.15, 0.2) is 24.3 Å². The van der Waals surface area contributed by atoms with Crippen LogP contribution in [0.4, 0.5) is 24.0 Å². The molecule has 0 bridgehead atoms. The van der Waals surface area contributed by atoms with Crippen molar-refractivity contribution in [3.05, 3.63) is 40.4 Å². The largest absolute Gasteiger partial charge is 0.476 e. The van der Waals surface area contributed by atoms with Gasteiger partial charge in [-0.15, -0.1) is 11.3 Å². The molecule has 0 aliphatic heterocycles. The van der Waals surface area contributed by atoms with Crippen LogP contribution in [0.2, 0.25) is 0 Å². The number of anilines is 2. The van der Waals surface area contributed by atoms with Crippen LogP contribution in [-0.4, -0.2) is 16.1 Å². The van der Waals surface area contributed by atoms with E-state index in [1.165, 1.54) is 18.2 Å². The number of halogens is 3. The molecule has 0 spiro atoms.